The van der Waals surface area contributed by atoms with Crippen LogP contribution in [-0.4, -0.2) is 19.6 Å². The van der Waals surface area contributed by atoms with E-state index in [4.69, 9.17) is 16.3 Å². The Morgan fingerprint density at radius 1 is 1.18 bits per heavy atom. The molecule has 0 radical (unpaired) electrons. The third-order valence-electron chi connectivity index (χ3n) is 3.18. The standard InChI is InChI=1S/C18H18ClNO2/c1-22-17-5-3-2-4-15(17)8-11-18(21)20-13-12-14-6-9-16(19)10-7-14/h2-11H,12-13H2,1H3,(H,20,21)/b11-8+. The molecule has 0 bridgehead atoms. The van der Waals surface area contributed by atoms with Gasteiger partial charge in [0.1, 0.15) is 5.75 Å². The SMILES string of the molecule is COc1ccccc1/C=C/C(=O)NCCc1ccc(Cl)cc1. The zero-order valence-electron chi connectivity index (χ0n) is 12.4. The van der Waals surface area contributed by atoms with Crippen LogP contribution in [0.1, 0.15) is 11.1 Å². The van der Waals surface area contributed by atoms with Gasteiger partial charge < -0.3 is 10.1 Å². The molecule has 0 fully saturated rings. The molecule has 2 rings (SSSR count). The van der Waals surface area contributed by atoms with E-state index in [1.165, 1.54) is 6.08 Å². The van der Waals surface area contributed by atoms with Gasteiger partial charge in [-0.1, -0.05) is 41.9 Å². The summed E-state index contributed by atoms with van der Waals surface area (Å²) in [5.41, 5.74) is 2.01. The molecular formula is C18H18ClNO2. The summed E-state index contributed by atoms with van der Waals surface area (Å²) in [5, 5.41) is 3.57. The average Bonchev–Trinajstić information content (AvgIpc) is 2.55. The van der Waals surface area contributed by atoms with Crippen molar-refractivity contribution in [1.82, 2.24) is 5.32 Å². The van der Waals surface area contributed by atoms with Gasteiger partial charge in [0.05, 0.1) is 7.11 Å². The minimum absolute atomic E-state index is 0.125. The van der Waals surface area contributed by atoms with Crippen molar-refractivity contribution in [3.8, 4) is 5.75 Å². The Labute approximate surface area is 135 Å². The largest absolute Gasteiger partial charge is 0.496 e. The van der Waals surface area contributed by atoms with Crippen LogP contribution < -0.4 is 10.1 Å². The molecule has 0 saturated heterocycles. The quantitative estimate of drug-likeness (QED) is 0.825. The number of para-hydroxylation sites is 1. The van der Waals surface area contributed by atoms with E-state index in [1.807, 2.05) is 48.5 Å². The summed E-state index contributed by atoms with van der Waals surface area (Å²) in [6.45, 7) is 0.580. The lowest BCUT2D eigenvalue weighted by atomic mass is 10.1. The molecule has 3 nitrogen and oxygen atoms in total. The van der Waals surface area contributed by atoms with Gasteiger partial charge in [-0.3, -0.25) is 4.79 Å². The predicted octanol–water partition coefficient (Wildman–Crippen LogP) is 3.72. The first-order valence-electron chi connectivity index (χ1n) is 7.02. The number of hydrogen-bond donors (Lipinski definition) is 1. The number of carbonyl (C=O) groups excluding carboxylic acids is 1. The number of ether oxygens (including phenoxy) is 1. The van der Waals surface area contributed by atoms with Crippen LogP contribution >= 0.6 is 11.6 Å². The number of rotatable bonds is 6. The molecule has 0 aliphatic carbocycles. The monoisotopic (exact) mass is 315 g/mol. The van der Waals surface area contributed by atoms with E-state index in [0.717, 1.165) is 23.3 Å². The number of nitrogens with one attached hydrogen (secondary N) is 1. The van der Waals surface area contributed by atoms with E-state index < -0.39 is 0 Å². The maximum atomic E-state index is 11.8. The van der Waals surface area contributed by atoms with Crippen molar-refractivity contribution in [1.29, 1.82) is 0 Å². The minimum atomic E-state index is -0.125. The van der Waals surface area contributed by atoms with Crippen LogP contribution in [0.25, 0.3) is 6.08 Å². The molecule has 0 atom stereocenters. The minimum Gasteiger partial charge on any atom is -0.496 e. The summed E-state index contributed by atoms with van der Waals surface area (Å²) in [5.74, 6) is 0.618. The second-order valence-corrected chi connectivity index (χ2v) is 5.18. The van der Waals surface area contributed by atoms with E-state index in [-0.39, 0.29) is 5.91 Å². The fourth-order valence-electron chi connectivity index (χ4n) is 2.01. The number of benzene rings is 2. The van der Waals surface area contributed by atoms with Crippen molar-refractivity contribution in [2.75, 3.05) is 13.7 Å². The van der Waals surface area contributed by atoms with Gasteiger partial charge in [-0.15, -0.1) is 0 Å². The summed E-state index contributed by atoms with van der Waals surface area (Å²) in [6, 6.07) is 15.2. The van der Waals surface area contributed by atoms with E-state index in [0.29, 0.717) is 11.6 Å². The van der Waals surface area contributed by atoms with Crippen LogP contribution in [0.4, 0.5) is 0 Å². The third kappa shape index (κ3) is 4.93. The Kier molecular flexibility index (Phi) is 6.04. The molecule has 1 amide bonds. The van der Waals surface area contributed by atoms with Crippen LogP contribution in [0.3, 0.4) is 0 Å². The van der Waals surface area contributed by atoms with Crippen molar-refractivity contribution in [2.45, 2.75) is 6.42 Å². The summed E-state index contributed by atoms with van der Waals surface area (Å²) < 4.78 is 5.23. The molecule has 0 unspecified atom stereocenters. The number of methoxy groups -OCH3 is 1. The topological polar surface area (TPSA) is 38.3 Å². The lowest BCUT2D eigenvalue weighted by Crippen LogP contribution is -2.23. The van der Waals surface area contributed by atoms with Crippen LogP contribution in [0.2, 0.25) is 5.02 Å². The first-order chi connectivity index (χ1) is 10.7. The van der Waals surface area contributed by atoms with Crippen LogP contribution in [0.5, 0.6) is 5.75 Å². The van der Waals surface area contributed by atoms with Crippen LogP contribution in [0.15, 0.2) is 54.6 Å². The Morgan fingerprint density at radius 3 is 2.64 bits per heavy atom. The summed E-state index contributed by atoms with van der Waals surface area (Å²) in [7, 11) is 1.61. The molecule has 0 spiro atoms. The Bertz CT molecular complexity index is 650. The smallest absolute Gasteiger partial charge is 0.244 e. The molecule has 0 aromatic heterocycles. The maximum absolute atomic E-state index is 11.8. The maximum Gasteiger partial charge on any atom is 0.244 e. The van der Waals surface area contributed by atoms with E-state index in [9.17, 15) is 4.79 Å². The fraction of sp³-hybridized carbons (Fsp3) is 0.167. The molecule has 0 aliphatic heterocycles. The van der Waals surface area contributed by atoms with E-state index in [2.05, 4.69) is 5.32 Å². The lowest BCUT2D eigenvalue weighted by Gasteiger charge is -2.04. The number of carbonyl (C=O) groups is 1. The van der Waals surface area contributed by atoms with Crippen molar-refractivity contribution in [2.24, 2.45) is 0 Å². The molecule has 2 aromatic carbocycles. The van der Waals surface area contributed by atoms with Gasteiger partial charge >= 0.3 is 0 Å². The third-order valence-corrected chi connectivity index (χ3v) is 3.43. The highest BCUT2D eigenvalue weighted by Gasteiger charge is 2.00. The zero-order valence-corrected chi connectivity index (χ0v) is 13.1. The van der Waals surface area contributed by atoms with Crippen LogP contribution in [-0.2, 0) is 11.2 Å². The second kappa shape index (κ2) is 8.25. The summed E-state index contributed by atoms with van der Waals surface area (Å²) in [6.07, 6.45) is 4.03. The fourth-order valence-corrected chi connectivity index (χ4v) is 2.14. The highest BCUT2D eigenvalue weighted by atomic mass is 35.5. The molecular weight excluding hydrogens is 298 g/mol. The first-order valence-corrected chi connectivity index (χ1v) is 7.40. The lowest BCUT2D eigenvalue weighted by molar-refractivity contribution is -0.116. The number of amides is 1. The highest BCUT2D eigenvalue weighted by molar-refractivity contribution is 6.30. The molecule has 4 heteroatoms. The van der Waals surface area contributed by atoms with Gasteiger partial charge in [0, 0.05) is 23.2 Å². The summed E-state index contributed by atoms with van der Waals surface area (Å²) >= 11 is 5.83. The van der Waals surface area contributed by atoms with E-state index >= 15 is 0 Å². The molecule has 0 heterocycles. The molecule has 1 N–H and O–H groups in total. The molecule has 0 saturated carbocycles. The van der Waals surface area contributed by atoms with Crippen molar-refractivity contribution in [3.05, 3.63) is 70.8 Å². The van der Waals surface area contributed by atoms with Gasteiger partial charge in [-0.2, -0.15) is 0 Å². The van der Waals surface area contributed by atoms with Gasteiger partial charge in [-0.25, -0.2) is 0 Å². The number of hydrogen-bond acceptors (Lipinski definition) is 2. The Hall–Kier alpha value is -2.26. The average molecular weight is 316 g/mol. The summed E-state index contributed by atoms with van der Waals surface area (Å²) in [4.78, 5) is 11.8. The Morgan fingerprint density at radius 2 is 1.91 bits per heavy atom. The number of halogens is 1. The van der Waals surface area contributed by atoms with Gasteiger partial charge in [-0.05, 0) is 36.3 Å². The normalized spacial score (nSPS) is 10.6. The molecule has 114 valence electrons. The van der Waals surface area contributed by atoms with Gasteiger partial charge in [0.15, 0.2) is 0 Å². The molecule has 0 aliphatic rings. The van der Waals surface area contributed by atoms with Gasteiger partial charge in [0.2, 0.25) is 5.91 Å². The zero-order chi connectivity index (χ0) is 15.8. The van der Waals surface area contributed by atoms with Gasteiger partial charge in [0.25, 0.3) is 0 Å². The highest BCUT2D eigenvalue weighted by Crippen LogP contribution is 2.18. The van der Waals surface area contributed by atoms with Crippen molar-refractivity contribution in [3.63, 3.8) is 0 Å². The Balaban J connectivity index is 1.82. The van der Waals surface area contributed by atoms with Crippen molar-refractivity contribution < 1.29 is 9.53 Å². The van der Waals surface area contributed by atoms with E-state index in [1.54, 1.807) is 13.2 Å². The first kappa shape index (κ1) is 16.1. The predicted molar refractivity (Wildman–Crippen MR) is 90.2 cm³/mol. The second-order valence-electron chi connectivity index (χ2n) is 4.74. The van der Waals surface area contributed by atoms with Crippen molar-refractivity contribution >= 4 is 23.6 Å². The molecule has 2 aromatic rings. The molecule has 22 heavy (non-hydrogen) atoms. The van der Waals surface area contributed by atoms with Crippen LogP contribution in [0, 0.1) is 0 Å².